The predicted octanol–water partition coefficient (Wildman–Crippen LogP) is 25.4. The molecule has 0 N–H and O–H groups in total. The Morgan fingerprint density at radius 2 is 0.884 bits per heavy atom. The zero-order chi connectivity index (χ0) is 52.9. The van der Waals surface area contributed by atoms with Gasteiger partial charge < -0.3 is 0 Å². The van der Waals surface area contributed by atoms with Gasteiger partial charge in [-0.2, -0.15) is 0 Å². The third-order valence-electron chi connectivity index (χ3n) is 19.2. The highest BCUT2D eigenvalue weighted by molar-refractivity contribution is 4.81. The largest absolute Gasteiger partial charge is 0.0654 e. The molecular weight excluding hydrogens is 829 g/mol. The zero-order valence-corrected chi connectivity index (χ0v) is 52.9. The summed E-state index contributed by atoms with van der Waals surface area (Å²) >= 11 is 0. The molecule has 8 rings (SSSR count). The molecule has 8 fully saturated rings. The molecule has 8 aliphatic carbocycles. The minimum Gasteiger partial charge on any atom is -0.0654 e. The molecule has 4 atom stereocenters. The second kappa shape index (κ2) is 42.2. The first kappa shape index (κ1) is 71.1. The molecular formula is C69H142. The Bertz CT molecular complexity index is 1010. The fraction of sp³-hybridized carbons (Fsp3) is 1.00. The molecule has 0 amide bonds. The maximum atomic E-state index is 2.39. The van der Waals surface area contributed by atoms with Crippen LogP contribution in [0.1, 0.15) is 364 Å². The fourth-order valence-electron chi connectivity index (χ4n) is 10.9. The summed E-state index contributed by atoms with van der Waals surface area (Å²) in [6.07, 6.45) is 50.0. The van der Waals surface area contributed by atoms with Crippen molar-refractivity contribution < 1.29 is 0 Å². The van der Waals surface area contributed by atoms with E-state index in [2.05, 4.69) is 145 Å². The van der Waals surface area contributed by atoms with Gasteiger partial charge in [-0.1, -0.05) is 332 Å². The lowest BCUT2D eigenvalue weighted by Crippen LogP contribution is -2.23. The van der Waals surface area contributed by atoms with Crippen LogP contribution in [0.25, 0.3) is 0 Å². The van der Waals surface area contributed by atoms with Crippen molar-refractivity contribution in [3.8, 4) is 0 Å². The van der Waals surface area contributed by atoms with Gasteiger partial charge in [-0.3, -0.25) is 0 Å². The molecule has 0 heteroatoms. The Hall–Kier alpha value is 0. The van der Waals surface area contributed by atoms with E-state index < -0.39 is 0 Å². The topological polar surface area (TPSA) is 0 Å². The lowest BCUT2D eigenvalue weighted by molar-refractivity contribution is 0.155. The van der Waals surface area contributed by atoms with Crippen molar-refractivity contribution in [3.63, 3.8) is 0 Å². The SMILES string of the molecule is CC(C)C(C)(C)C.CC(C)C1CCC1.CC1(C)CCCC1.CC1CCCCC1.CC1CCC[C@H]1C.CC1CC[C@@H](C)C1.CCC1(C)CCC1.CCC1CCCC1.CCCC(C)C.CCCC1CCC1. The predicted molar refractivity (Wildman–Crippen MR) is 322 cm³/mol. The van der Waals surface area contributed by atoms with Crippen LogP contribution < -0.4 is 0 Å². The van der Waals surface area contributed by atoms with Crippen LogP contribution in [0.4, 0.5) is 0 Å². The van der Waals surface area contributed by atoms with Gasteiger partial charge >= 0.3 is 0 Å². The van der Waals surface area contributed by atoms with E-state index >= 15 is 0 Å². The molecule has 418 valence electrons. The van der Waals surface area contributed by atoms with Gasteiger partial charge in [0.2, 0.25) is 0 Å². The van der Waals surface area contributed by atoms with Gasteiger partial charge in [-0.15, -0.1) is 0 Å². The smallest absolute Gasteiger partial charge is 0.0328 e. The monoisotopic (exact) mass is 971 g/mol. The first-order valence-electron chi connectivity index (χ1n) is 32.3. The lowest BCUT2D eigenvalue weighted by atomic mass is 9.69. The van der Waals surface area contributed by atoms with Gasteiger partial charge in [0.1, 0.15) is 0 Å². The highest BCUT2D eigenvalue weighted by Crippen LogP contribution is 2.43. The molecule has 0 heterocycles. The normalized spacial score (nSPS) is 25.7. The highest BCUT2D eigenvalue weighted by Gasteiger charge is 2.29. The molecule has 0 bridgehead atoms. The van der Waals surface area contributed by atoms with Crippen molar-refractivity contribution in [1.29, 1.82) is 0 Å². The van der Waals surface area contributed by atoms with Crippen molar-refractivity contribution in [2.24, 2.45) is 81.3 Å². The van der Waals surface area contributed by atoms with E-state index in [9.17, 15) is 0 Å². The van der Waals surface area contributed by atoms with Gasteiger partial charge in [0, 0.05) is 0 Å². The number of rotatable bonds is 7. The Morgan fingerprint density at radius 1 is 0.449 bits per heavy atom. The maximum Gasteiger partial charge on any atom is -0.0328 e. The summed E-state index contributed by atoms with van der Waals surface area (Å²) in [5, 5.41) is 0. The Kier molecular flexibility index (Phi) is 43.5. The van der Waals surface area contributed by atoms with Crippen molar-refractivity contribution in [3.05, 3.63) is 0 Å². The maximum absolute atomic E-state index is 2.39. The van der Waals surface area contributed by atoms with Gasteiger partial charge in [0.25, 0.3) is 0 Å². The van der Waals surface area contributed by atoms with Gasteiger partial charge in [-0.05, 0) is 113 Å². The van der Waals surface area contributed by atoms with Crippen molar-refractivity contribution in [2.75, 3.05) is 0 Å². The van der Waals surface area contributed by atoms with Crippen LogP contribution in [0, 0.1) is 81.3 Å². The van der Waals surface area contributed by atoms with Crippen molar-refractivity contribution >= 4 is 0 Å². The molecule has 0 saturated heterocycles. The van der Waals surface area contributed by atoms with E-state index in [-0.39, 0.29) is 0 Å². The molecule has 0 nitrogen and oxygen atoms in total. The molecule has 0 aromatic rings. The average Bonchev–Trinajstić information content (AvgIpc) is 4.07. The standard InChI is InChI=1S/8C7H14.C7H16.C6H14/c1-6-3-4-7(2)5-6;1-7(2)5-3-4-6-7;1-6-4-3-5-7(6)2;1-6(2)7-4-3-5-7;1-7-5-3-2-4-6-7;1-3-7(2)5-4-6-7;1-2-7-5-3-4-6-7;1-2-4-7-5-3-6-7;1-6(2)7(3,4)5;1-4-5-6(2)3/h6-7H,3-5H2,1-2H3;3-6H2,1-2H3;2*6-7H,3-5H2,1-2H3;7H,2-6H2,1H3;3-6H2,1-2H3;2*7H,2-6H2,1H3;6H,1-5H3;6H,4-5H2,1-3H3/t6-,7?;;6-,7?;;;;;;;/m1.1......./s1. The summed E-state index contributed by atoms with van der Waals surface area (Å²) in [6, 6.07) is 0. The fourth-order valence-corrected chi connectivity index (χ4v) is 10.9. The van der Waals surface area contributed by atoms with Crippen LogP contribution in [0.15, 0.2) is 0 Å². The molecule has 8 saturated carbocycles. The van der Waals surface area contributed by atoms with Crippen LogP contribution in [0.5, 0.6) is 0 Å². The summed E-state index contributed by atoms with van der Waals surface area (Å²) in [5.74, 6) is 11.1. The molecule has 0 spiro atoms. The Balaban J connectivity index is 0. The number of hydrogen-bond acceptors (Lipinski definition) is 0. The molecule has 8 aliphatic rings. The van der Waals surface area contributed by atoms with E-state index in [1.807, 2.05) is 0 Å². The van der Waals surface area contributed by atoms with Gasteiger partial charge in [0.15, 0.2) is 0 Å². The van der Waals surface area contributed by atoms with Crippen molar-refractivity contribution in [2.45, 2.75) is 364 Å². The third kappa shape index (κ3) is 42.0. The van der Waals surface area contributed by atoms with Crippen LogP contribution in [0.2, 0.25) is 0 Å². The molecule has 2 unspecified atom stereocenters. The molecule has 0 radical (unpaired) electrons. The van der Waals surface area contributed by atoms with Crippen molar-refractivity contribution in [1.82, 2.24) is 0 Å². The minimum absolute atomic E-state index is 0.500. The van der Waals surface area contributed by atoms with Gasteiger partial charge in [-0.25, -0.2) is 0 Å². The van der Waals surface area contributed by atoms with E-state index in [0.29, 0.717) is 10.8 Å². The number of hydrogen-bond donors (Lipinski definition) is 0. The first-order chi connectivity index (χ1) is 32.3. The van der Waals surface area contributed by atoms with Crippen LogP contribution in [-0.4, -0.2) is 0 Å². The highest BCUT2D eigenvalue weighted by atomic mass is 14.3. The quantitative estimate of drug-likeness (QED) is 0.239. The Morgan fingerprint density at radius 3 is 1.00 bits per heavy atom. The second-order valence-electron chi connectivity index (χ2n) is 28.8. The third-order valence-corrected chi connectivity index (χ3v) is 19.2. The van der Waals surface area contributed by atoms with Crippen LogP contribution >= 0.6 is 0 Å². The first-order valence-corrected chi connectivity index (χ1v) is 32.3. The molecule has 0 aromatic carbocycles. The van der Waals surface area contributed by atoms with Crippen LogP contribution in [-0.2, 0) is 0 Å². The molecule has 69 heavy (non-hydrogen) atoms. The van der Waals surface area contributed by atoms with Gasteiger partial charge in [0.05, 0.1) is 0 Å². The van der Waals surface area contributed by atoms with Crippen LogP contribution in [0.3, 0.4) is 0 Å². The lowest BCUT2D eigenvalue weighted by Gasteiger charge is -2.37. The van der Waals surface area contributed by atoms with E-state index in [0.717, 1.165) is 70.5 Å². The summed E-state index contributed by atoms with van der Waals surface area (Å²) in [7, 11) is 0. The summed E-state index contributed by atoms with van der Waals surface area (Å²) < 4.78 is 0. The molecule has 0 aromatic heterocycles. The summed E-state index contributed by atoms with van der Waals surface area (Å²) in [4.78, 5) is 0. The zero-order valence-electron chi connectivity index (χ0n) is 52.9. The summed E-state index contributed by atoms with van der Waals surface area (Å²) in [6.45, 7) is 48.4. The second-order valence-corrected chi connectivity index (χ2v) is 28.8. The Labute approximate surface area is 443 Å². The van der Waals surface area contributed by atoms with E-state index in [1.54, 1.807) is 0 Å². The summed E-state index contributed by atoms with van der Waals surface area (Å²) in [5.41, 5.74) is 1.96. The minimum atomic E-state index is 0.500. The van der Waals surface area contributed by atoms with E-state index in [1.165, 1.54) is 218 Å². The molecule has 0 aliphatic heterocycles. The van der Waals surface area contributed by atoms with E-state index in [4.69, 9.17) is 0 Å². The average molecular weight is 972 g/mol.